The van der Waals surface area contributed by atoms with Gasteiger partial charge in [0.2, 0.25) is 0 Å². The Morgan fingerprint density at radius 3 is 2.62 bits per heavy atom. The molecule has 0 aliphatic rings. The lowest BCUT2D eigenvalue weighted by Gasteiger charge is -1.97. The number of nitrogens with zero attached hydrogens (tertiary/aromatic N) is 2. The number of aryl methyl sites for hydroxylation is 2. The molecule has 3 nitrogen and oxygen atoms in total. The van der Waals surface area contributed by atoms with E-state index >= 15 is 0 Å². The van der Waals surface area contributed by atoms with E-state index in [4.69, 9.17) is 5.73 Å². The van der Waals surface area contributed by atoms with Crippen LogP contribution in [0.5, 0.6) is 0 Å². The van der Waals surface area contributed by atoms with Gasteiger partial charge in [-0.05, 0) is 25.8 Å². The van der Waals surface area contributed by atoms with E-state index < -0.39 is 0 Å². The molecule has 0 fully saturated rings. The van der Waals surface area contributed by atoms with Crippen LogP contribution >= 0.6 is 0 Å². The Hall–Kier alpha value is -1.27. The van der Waals surface area contributed by atoms with Crippen molar-refractivity contribution in [3.05, 3.63) is 17.0 Å². The van der Waals surface area contributed by atoms with E-state index in [1.807, 2.05) is 11.7 Å². The Kier molecular flexibility index (Phi) is 5.07. The Balaban J connectivity index is 2.94. The molecule has 1 aromatic rings. The molecule has 0 amide bonds. The van der Waals surface area contributed by atoms with Crippen molar-refractivity contribution in [3.8, 4) is 11.8 Å². The Labute approximate surface area is 98.0 Å². The molecule has 88 valence electrons. The average Bonchev–Trinajstić information content (AvgIpc) is 2.60. The van der Waals surface area contributed by atoms with Crippen molar-refractivity contribution in [3.63, 3.8) is 0 Å². The van der Waals surface area contributed by atoms with Crippen LogP contribution in [0.25, 0.3) is 0 Å². The number of unbranched alkanes of at least 4 members (excludes halogenated alkanes) is 1. The highest BCUT2D eigenvalue weighted by molar-refractivity contribution is 5.42. The third-order valence-corrected chi connectivity index (χ3v) is 2.63. The fourth-order valence-corrected chi connectivity index (χ4v) is 1.76. The summed E-state index contributed by atoms with van der Waals surface area (Å²) in [6.45, 7) is 4.97. The zero-order valence-electron chi connectivity index (χ0n) is 10.5. The molecule has 0 radical (unpaired) electrons. The van der Waals surface area contributed by atoms with E-state index in [1.165, 1.54) is 5.69 Å². The molecule has 0 saturated carbocycles. The molecule has 3 heteroatoms. The Bertz CT molecular complexity index is 393. The number of aromatic nitrogens is 2. The molecular weight excluding hydrogens is 198 g/mol. The molecule has 1 rings (SSSR count). The van der Waals surface area contributed by atoms with Gasteiger partial charge in [-0.3, -0.25) is 4.68 Å². The average molecular weight is 219 g/mol. The molecule has 0 bridgehead atoms. The van der Waals surface area contributed by atoms with Gasteiger partial charge in [-0.25, -0.2) is 0 Å². The SMILES string of the molecule is CCc1nn(C)c(CC)c1C#CCCCN. The summed E-state index contributed by atoms with van der Waals surface area (Å²) < 4.78 is 1.95. The molecule has 0 aliphatic heterocycles. The lowest BCUT2D eigenvalue weighted by Crippen LogP contribution is -1.97. The van der Waals surface area contributed by atoms with Crippen LogP contribution in [0.1, 0.15) is 43.6 Å². The van der Waals surface area contributed by atoms with Crippen molar-refractivity contribution in [2.75, 3.05) is 6.54 Å². The van der Waals surface area contributed by atoms with E-state index in [2.05, 4.69) is 30.8 Å². The van der Waals surface area contributed by atoms with Gasteiger partial charge in [0.1, 0.15) is 0 Å². The molecule has 0 spiro atoms. The number of hydrogen-bond acceptors (Lipinski definition) is 2. The fraction of sp³-hybridized carbons (Fsp3) is 0.615. The van der Waals surface area contributed by atoms with Gasteiger partial charge < -0.3 is 5.73 Å². The maximum atomic E-state index is 5.44. The van der Waals surface area contributed by atoms with Gasteiger partial charge >= 0.3 is 0 Å². The van der Waals surface area contributed by atoms with Crippen molar-refractivity contribution in [1.82, 2.24) is 9.78 Å². The predicted octanol–water partition coefficient (Wildman–Crippen LogP) is 1.64. The molecule has 16 heavy (non-hydrogen) atoms. The van der Waals surface area contributed by atoms with Gasteiger partial charge in [0.15, 0.2) is 0 Å². The van der Waals surface area contributed by atoms with Gasteiger partial charge in [-0.2, -0.15) is 5.10 Å². The first-order chi connectivity index (χ1) is 7.74. The first kappa shape index (κ1) is 12.8. The van der Waals surface area contributed by atoms with Crippen molar-refractivity contribution in [1.29, 1.82) is 0 Å². The van der Waals surface area contributed by atoms with Crippen LogP contribution in [-0.4, -0.2) is 16.3 Å². The molecule has 0 saturated heterocycles. The molecule has 0 atom stereocenters. The maximum absolute atomic E-state index is 5.44. The Morgan fingerprint density at radius 2 is 2.06 bits per heavy atom. The van der Waals surface area contributed by atoms with E-state index in [1.54, 1.807) is 0 Å². The first-order valence-electron chi connectivity index (χ1n) is 5.98. The largest absolute Gasteiger partial charge is 0.330 e. The summed E-state index contributed by atoms with van der Waals surface area (Å²) >= 11 is 0. The highest BCUT2D eigenvalue weighted by atomic mass is 15.3. The minimum atomic E-state index is 0.711. The highest BCUT2D eigenvalue weighted by Crippen LogP contribution is 2.13. The van der Waals surface area contributed by atoms with E-state index in [0.717, 1.165) is 36.9 Å². The second-order valence-corrected chi connectivity index (χ2v) is 3.79. The third kappa shape index (κ3) is 2.86. The van der Waals surface area contributed by atoms with Gasteiger partial charge in [-0.1, -0.05) is 25.7 Å². The maximum Gasteiger partial charge on any atom is 0.0781 e. The van der Waals surface area contributed by atoms with Gasteiger partial charge in [-0.15, -0.1) is 0 Å². The van der Waals surface area contributed by atoms with Crippen molar-refractivity contribution in [2.45, 2.75) is 39.5 Å². The molecular formula is C13H21N3. The van der Waals surface area contributed by atoms with Crippen molar-refractivity contribution >= 4 is 0 Å². The molecule has 0 aromatic carbocycles. The van der Waals surface area contributed by atoms with E-state index in [-0.39, 0.29) is 0 Å². The van der Waals surface area contributed by atoms with Crippen LogP contribution in [0.2, 0.25) is 0 Å². The second kappa shape index (κ2) is 6.34. The van der Waals surface area contributed by atoms with Crippen molar-refractivity contribution in [2.24, 2.45) is 12.8 Å². The van der Waals surface area contributed by atoms with Crippen LogP contribution < -0.4 is 5.73 Å². The molecule has 0 unspecified atom stereocenters. The monoisotopic (exact) mass is 219 g/mol. The third-order valence-electron chi connectivity index (χ3n) is 2.63. The standard InChI is InChI=1S/C13H21N3/c1-4-12-11(9-7-6-8-10-14)13(5-2)16(3)15-12/h4-6,8,10,14H2,1-3H3. The molecule has 2 N–H and O–H groups in total. The summed E-state index contributed by atoms with van der Waals surface area (Å²) in [5.41, 5.74) is 8.91. The second-order valence-electron chi connectivity index (χ2n) is 3.79. The normalized spacial score (nSPS) is 10.0. The topological polar surface area (TPSA) is 43.8 Å². The summed E-state index contributed by atoms with van der Waals surface area (Å²) in [4.78, 5) is 0. The van der Waals surface area contributed by atoms with Gasteiger partial charge in [0, 0.05) is 13.5 Å². The van der Waals surface area contributed by atoms with Crippen LogP contribution in [0, 0.1) is 11.8 Å². The zero-order valence-corrected chi connectivity index (χ0v) is 10.5. The minimum absolute atomic E-state index is 0.711. The van der Waals surface area contributed by atoms with Crippen LogP contribution in [-0.2, 0) is 19.9 Å². The molecule has 1 heterocycles. The number of hydrogen-bond donors (Lipinski definition) is 1. The summed E-state index contributed by atoms with van der Waals surface area (Å²) in [5, 5.41) is 4.49. The van der Waals surface area contributed by atoms with Crippen LogP contribution in [0.4, 0.5) is 0 Å². The summed E-state index contributed by atoms with van der Waals surface area (Å²) in [5.74, 6) is 6.43. The van der Waals surface area contributed by atoms with E-state index in [0.29, 0.717) is 6.54 Å². The van der Waals surface area contributed by atoms with Crippen molar-refractivity contribution < 1.29 is 0 Å². The first-order valence-corrected chi connectivity index (χ1v) is 5.98. The number of nitrogens with two attached hydrogens (primary N) is 1. The summed E-state index contributed by atoms with van der Waals surface area (Å²) in [6, 6.07) is 0. The number of rotatable bonds is 4. The van der Waals surface area contributed by atoms with E-state index in [9.17, 15) is 0 Å². The van der Waals surface area contributed by atoms with Crippen LogP contribution in [0.15, 0.2) is 0 Å². The van der Waals surface area contributed by atoms with Crippen LogP contribution in [0.3, 0.4) is 0 Å². The quantitative estimate of drug-likeness (QED) is 0.618. The predicted molar refractivity (Wildman–Crippen MR) is 67.1 cm³/mol. The Morgan fingerprint density at radius 1 is 1.31 bits per heavy atom. The zero-order chi connectivity index (χ0) is 12.0. The summed E-state index contributed by atoms with van der Waals surface area (Å²) in [7, 11) is 1.99. The smallest absolute Gasteiger partial charge is 0.0781 e. The molecule has 1 aromatic heterocycles. The van der Waals surface area contributed by atoms with Gasteiger partial charge in [0.25, 0.3) is 0 Å². The van der Waals surface area contributed by atoms with Gasteiger partial charge in [0.05, 0.1) is 17.0 Å². The lowest BCUT2D eigenvalue weighted by atomic mass is 10.1. The summed E-state index contributed by atoms with van der Waals surface area (Å²) in [6.07, 6.45) is 3.76. The highest BCUT2D eigenvalue weighted by Gasteiger charge is 2.10. The fourth-order valence-electron chi connectivity index (χ4n) is 1.76. The molecule has 0 aliphatic carbocycles. The minimum Gasteiger partial charge on any atom is -0.330 e. The lowest BCUT2D eigenvalue weighted by molar-refractivity contribution is 0.704.